The minimum Gasteiger partial charge on any atom is -0.486 e. The van der Waals surface area contributed by atoms with E-state index in [1.54, 1.807) is 24.3 Å². The lowest BCUT2D eigenvalue weighted by Gasteiger charge is -2.30. The molecule has 0 radical (unpaired) electrons. The third-order valence-corrected chi connectivity index (χ3v) is 6.18. The first-order valence-electron chi connectivity index (χ1n) is 9.88. The van der Waals surface area contributed by atoms with Crippen LogP contribution >= 0.6 is 0 Å². The largest absolute Gasteiger partial charge is 0.486 e. The Bertz CT molecular complexity index is 1070. The van der Waals surface area contributed by atoms with Gasteiger partial charge in [-0.3, -0.25) is 9.10 Å². The van der Waals surface area contributed by atoms with Crippen molar-refractivity contribution in [3.63, 3.8) is 0 Å². The first kappa shape index (κ1) is 21.1. The second-order valence-electron chi connectivity index (χ2n) is 7.31. The molecule has 1 N–H and O–H groups in total. The van der Waals surface area contributed by atoms with Crippen LogP contribution < -0.4 is 28.6 Å². The Balaban J connectivity index is 1.45. The molecule has 2 atom stereocenters. The van der Waals surface area contributed by atoms with Gasteiger partial charge in [0.15, 0.2) is 23.0 Å². The van der Waals surface area contributed by atoms with Crippen molar-refractivity contribution in [2.75, 3.05) is 36.9 Å². The van der Waals surface area contributed by atoms with Crippen LogP contribution in [0.5, 0.6) is 23.0 Å². The summed E-state index contributed by atoms with van der Waals surface area (Å²) in [4.78, 5) is 12.8. The van der Waals surface area contributed by atoms with Gasteiger partial charge in [0, 0.05) is 6.07 Å². The lowest BCUT2D eigenvalue weighted by molar-refractivity contribution is -0.122. The third-order valence-electron chi connectivity index (χ3n) is 4.94. The Hall–Kier alpha value is -3.14. The van der Waals surface area contributed by atoms with E-state index in [-0.39, 0.29) is 19.3 Å². The van der Waals surface area contributed by atoms with Gasteiger partial charge < -0.3 is 24.3 Å². The van der Waals surface area contributed by atoms with Crippen LogP contribution in [-0.4, -0.2) is 59.1 Å². The number of carbonyl (C=O) groups excluding carboxylic acids is 1. The van der Waals surface area contributed by atoms with Crippen molar-refractivity contribution < 1.29 is 32.2 Å². The molecule has 4 rings (SSSR count). The number of amides is 1. The van der Waals surface area contributed by atoms with Gasteiger partial charge in [0.2, 0.25) is 15.9 Å². The highest BCUT2D eigenvalue weighted by Crippen LogP contribution is 2.35. The van der Waals surface area contributed by atoms with Crippen LogP contribution in [0.3, 0.4) is 0 Å². The quantitative estimate of drug-likeness (QED) is 0.715. The molecule has 0 saturated heterocycles. The maximum absolute atomic E-state index is 12.8. The summed E-state index contributed by atoms with van der Waals surface area (Å²) < 4.78 is 48.6. The van der Waals surface area contributed by atoms with Gasteiger partial charge in [-0.1, -0.05) is 12.1 Å². The zero-order valence-corrected chi connectivity index (χ0v) is 18.1. The molecule has 9 nitrogen and oxygen atoms in total. The Labute approximate surface area is 180 Å². The predicted octanol–water partition coefficient (Wildman–Crippen LogP) is 1.57. The summed E-state index contributed by atoms with van der Waals surface area (Å²) in [5.41, 5.74) is 0.320. The summed E-state index contributed by atoms with van der Waals surface area (Å²) in [5, 5.41) is 2.76. The Morgan fingerprint density at radius 2 is 1.74 bits per heavy atom. The number of benzene rings is 2. The summed E-state index contributed by atoms with van der Waals surface area (Å²) >= 11 is 0. The van der Waals surface area contributed by atoms with Crippen LogP contribution in [0.15, 0.2) is 42.5 Å². The lowest BCUT2D eigenvalue weighted by Crippen LogP contribution is -2.50. The number of nitrogens with one attached hydrogen (secondary N) is 1. The molecule has 31 heavy (non-hydrogen) atoms. The Morgan fingerprint density at radius 1 is 1.06 bits per heavy atom. The van der Waals surface area contributed by atoms with Crippen molar-refractivity contribution >= 4 is 21.6 Å². The van der Waals surface area contributed by atoms with E-state index in [9.17, 15) is 13.2 Å². The zero-order valence-electron chi connectivity index (χ0n) is 17.2. The molecule has 0 aliphatic carbocycles. The highest BCUT2D eigenvalue weighted by Gasteiger charge is 2.31. The molecule has 0 fully saturated rings. The molecule has 0 unspecified atom stereocenters. The average molecular weight is 448 g/mol. The molecular weight excluding hydrogens is 424 g/mol. The van der Waals surface area contributed by atoms with Crippen LogP contribution in [-0.2, 0) is 14.8 Å². The fourth-order valence-electron chi connectivity index (χ4n) is 3.50. The summed E-state index contributed by atoms with van der Waals surface area (Å²) in [6.07, 6.45) is 0.676. The maximum atomic E-state index is 12.8. The fraction of sp³-hybridized carbons (Fsp3) is 0.381. The van der Waals surface area contributed by atoms with Crippen molar-refractivity contribution in [2.45, 2.75) is 19.1 Å². The average Bonchev–Trinajstić information content (AvgIpc) is 2.76. The highest BCUT2D eigenvalue weighted by molar-refractivity contribution is 7.92. The second kappa shape index (κ2) is 8.54. The van der Waals surface area contributed by atoms with Crippen LogP contribution in [0, 0.1) is 0 Å². The van der Waals surface area contributed by atoms with E-state index in [0.717, 1.165) is 10.6 Å². The number of ether oxygens (including phenoxy) is 4. The molecule has 2 aliphatic rings. The summed E-state index contributed by atoms with van der Waals surface area (Å²) in [7, 11) is -3.75. The van der Waals surface area contributed by atoms with E-state index in [0.29, 0.717) is 41.9 Å². The monoisotopic (exact) mass is 448 g/mol. The van der Waals surface area contributed by atoms with Gasteiger partial charge in [-0.2, -0.15) is 0 Å². The highest BCUT2D eigenvalue weighted by atomic mass is 32.2. The minimum atomic E-state index is -3.75. The molecule has 166 valence electrons. The molecular formula is C21H24N2O7S. The van der Waals surface area contributed by atoms with Crippen molar-refractivity contribution in [2.24, 2.45) is 0 Å². The molecule has 0 saturated carbocycles. The van der Waals surface area contributed by atoms with Gasteiger partial charge in [0.25, 0.3) is 0 Å². The van der Waals surface area contributed by atoms with E-state index < -0.39 is 22.0 Å². The lowest BCUT2D eigenvalue weighted by atomic mass is 10.2. The Kier molecular flexibility index (Phi) is 5.81. The van der Waals surface area contributed by atoms with Gasteiger partial charge in [-0.15, -0.1) is 0 Å². The molecule has 2 aliphatic heterocycles. The fourth-order valence-corrected chi connectivity index (χ4v) is 4.67. The molecule has 0 aromatic heterocycles. The van der Waals surface area contributed by atoms with E-state index in [1.165, 1.54) is 6.92 Å². The third kappa shape index (κ3) is 4.63. The maximum Gasteiger partial charge on any atom is 0.243 e. The first-order valence-corrected chi connectivity index (χ1v) is 11.7. The zero-order chi connectivity index (χ0) is 22.0. The number of hydrogen-bond acceptors (Lipinski definition) is 7. The second-order valence-corrected chi connectivity index (χ2v) is 9.16. The molecule has 2 heterocycles. The molecule has 0 spiro atoms. The van der Waals surface area contributed by atoms with Gasteiger partial charge in [0.1, 0.15) is 32.0 Å². The van der Waals surface area contributed by atoms with E-state index in [4.69, 9.17) is 18.9 Å². The van der Waals surface area contributed by atoms with Crippen molar-refractivity contribution in [1.29, 1.82) is 0 Å². The van der Waals surface area contributed by atoms with E-state index >= 15 is 0 Å². The summed E-state index contributed by atoms with van der Waals surface area (Å²) in [6, 6.07) is 11.1. The van der Waals surface area contributed by atoms with Crippen molar-refractivity contribution in [3.05, 3.63) is 42.5 Å². The molecule has 2 aromatic carbocycles. The van der Waals surface area contributed by atoms with E-state index in [1.807, 2.05) is 18.2 Å². The number of fused-ring (bicyclic) bond motifs is 2. The normalized spacial score (nSPS) is 18.1. The number of sulfonamides is 1. The molecule has 2 aromatic rings. The number of rotatable bonds is 6. The van der Waals surface area contributed by atoms with Gasteiger partial charge in [-0.25, -0.2) is 8.42 Å². The summed E-state index contributed by atoms with van der Waals surface area (Å²) in [6.45, 7) is 2.79. The van der Waals surface area contributed by atoms with Gasteiger partial charge in [-0.05, 0) is 31.2 Å². The van der Waals surface area contributed by atoms with Crippen molar-refractivity contribution in [1.82, 2.24) is 5.32 Å². The molecule has 10 heteroatoms. The van der Waals surface area contributed by atoms with Crippen LogP contribution in [0.1, 0.15) is 6.92 Å². The SMILES string of the molecule is C[C@@H](C(=O)NC[C@H]1COc2ccccc2O1)N(c1ccc2c(c1)OCCO2)S(C)(=O)=O. The predicted molar refractivity (Wildman–Crippen MR) is 114 cm³/mol. The first-order chi connectivity index (χ1) is 14.8. The minimum absolute atomic E-state index is 0.177. The molecule has 0 bridgehead atoms. The number of anilines is 1. The van der Waals surface area contributed by atoms with E-state index in [2.05, 4.69) is 5.32 Å². The number of para-hydroxylation sites is 2. The number of carbonyl (C=O) groups is 1. The van der Waals surface area contributed by atoms with Gasteiger partial charge >= 0.3 is 0 Å². The topological polar surface area (TPSA) is 103 Å². The van der Waals surface area contributed by atoms with Crippen LogP contribution in [0.2, 0.25) is 0 Å². The smallest absolute Gasteiger partial charge is 0.243 e. The van der Waals surface area contributed by atoms with Crippen LogP contribution in [0.25, 0.3) is 0 Å². The van der Waals surface area contributed by atoms with Crippen LogP contribution in [0.4, 0.5) is 5.69 Å². The summed E-state index contributed by atoms with van der Waals surface area (Å²) in [5.74, 6) is 1.78. The number of nitrogens with zero attached hydrogens (tertiary/aromatic N) is 1. The molecule has 1 amide bonds. The Morgan fingerprint density at radius 3 is 2.48 bits per heavy atom. The van der Waals surface area contributed by atoms with Gasteiger partial charge in [0.05, 0.1) is 18.5 Å². The number of hydrogen-bond donors (Lipinski definition) is 1. The van der Waals surface area contributed by atoms with Crippen molar-refractivity contribution in [3.8, 4) is 23.0 Å². The standard InChI is InChI=1S/C21H24N2O7S/c1-14(21(24)22-12-16-13-29-17-5-3-4-6-19(17)30-16)23(31(2,25)26)15-7-8-18-20(11-15)28-10-9-27-18/h3-8,11,14,16H,9-10,12-13H2,1-2H3,(H,22,24)/t14-,16-/m0/s1.